The van der Waals surface area contributed by atoms with E-state index >= 15 is 0 Å². The number of hydrogen-bond acceptors (Lipinski definition) is 3. The molecule has 8 aromatic rings. The quantitative estimate of drug-likeness (QED) is 0.184. The Hall–Kier alpha value is -5.93. The van der Waals surface area contributed by atoms with Crippen molar-refractivity contribution in [3.05, 3.63) is 180 Å². The monoisotopic (exact) mass is 718 g/mol. The SMILES string of the molecule is O=P1(O)Oc2c(-c3ccc(-c4ccc5ccccc5c4)cc3)ccc3c2C2(CC3)CCc3ccc(-c4ccc(-c5ccc6ccccc6c5)cc4)c(c32)O1. The molecule has 0 atom stereocenters. The lowest BCUT2D eigenvalue weighted by Gasteiger charge is -2.34. The first-order valence-electron chi connectivity index (χ1n) is 18.7. The van der Waals surface area contributed by atoms with E-state index in [1.165, 1.54) is 32.7 Å². The summed E-state index contributed by atoms with van der Waals surface area (Å²) in [5.41, 5.74) is 12.0. The predicted molar refractivity (Wildman–Crippen MR) is 218 cm³/mol. The summed E-state index contributed by atoms with van der Waals surface area (Å²) in [6, 6.07) is 55.1. The van der Waals surface area contributed by atoms with Gasteiger partial charge in [0.1, 0.15) is 11.5 Å². The summed E-state index contributed by atoms with van der Waals surface area (Å²) in [4.78, 5) is 11.6. The molecule has 54 heavy (non-hydrogen) atoms. The van der Waals surface area contributed by atoms with Gasteiger partial charge in [-0.15, -0.1) is 0 Å². The van der Waals surface area contributed by atoms with Crippen LogP contribution in [-0.2, 0) is 22.8 Å². The van der Waals surface area contributed by atoms with Crippen molar-refractivity contribution in [2.45, 2.75) is 31.1 Å². The number of hydrogen-bond donors (Lipinski definition) is 1. The fraction of sp³-hybridized carbons (Fsp3) is 0.102. The molecular weight excluding hydrogens is 684 g/mol. The van der Waals surface area contributed by atoms with Crippen LogP contribution in [0.25, 0.3) is 66.1 Å². The lowest BCUT2D eigenvalue weighted by atomic mass is 9.74. The van der Waals surface area contributed by atoms with Crippen LogP contribution in [0.3, 0.4) is 0 Å². The van der Waals surface area contributed by atoms with Gasteiger partial charge in [-0.2, -0.15) is 0 Å². The van der Waals surface area contributed by atoms with Gasteiger partial charge in [0, 0.05) is 27.7 Å². The average Bonchev–Trinajstić information content (AvgIpc) is 3.78. The van der Waals surface area contributed by atoms with Crippen molar-refractivity contribution >= 4 is 29.4 Å². The highest BCUT2D eigenvalue weighted by molar-refractivity contribution is 7.48. The van der Waals surface area contributed by atoms with Crippen molar-refractivity contribution < 1.29 is 18.5 Å². The maximum Gasteiger partial charge on any atom is 0.584 e. The highest BCUT2D eigenvalue weighted by atomic mass is 31.2. The first-order valence-corrected chi connectivity index (χ1v) is 20.2. The number of phosphoric acid groups is 1. The topological polar surface area (TPSA) is 55.8 Å². The van der Waals surface area contributed by atoms with Gasteiger partial charge >= 0.3 is 7.82 Å². The summed E-state index contributed by atoms with van der Waals surface area (Å²) < 4.78 is 26.7. The standard InChI is InChI=1S/C49H35O4P/c50-54(51)52-47-43(35-15-9-33(10-16-35)41-19-13-31-5-1-3-7-39(31)29-41)23-21-37-25-27-49(45(37)47)28-26-38-22-24-44(48(53-54)46(38)49)36-17-11-34(12-18-36)42-20-14-32-6-2-4-8-40(32)30-42/h1-24,29-30H,25-28H2,(H,50,51). The summed E-state index contributed by atoms with van der Waals surface area (Å²) in [7, 11) is -4.62. The fourth-order valence-corrected chi connectivity index (χ4v) is 10.4. The molecule has 0 fully saturated rings. The summed E-state index contributed by atoms with van der Waals surface area (Å²) in [5, 5.41) is 4.82. The van der Waals surface area contributed by atoms with Crippen molar-refractivity contribution in [2.75, 3.05) is 0 Å². The van der Waals surface area contributed by atoms with E-state index in [4.69, 9.17) is 9.05 Å². The molecule has 4 nitrogen and oxygen atoms in total. The second-order valence-electron chi connectivity index (χ2n) is 15.0. The average molecular weight is 719 g/mol. The van der Waals surface area contributed by atoms with Crippen molar-refractivity contribution in [2.24, 2.45) is 0 Å². The second-order valence-corrected chi connectivity index (χ2v) is 16.3. The molecule has 0 radical (unpaired) electrons. The third-order valence-corrected chi connectivity index (χ3v) is 12.9. The van der Waals surface area contributed by atoms with E-state index in [1.807, 2.05) is 12.1 Å². The summed E-state index contributed by atoms with van der Waals surface area (Å²) in [6.07, 6.45) is 3.53. The molecule has 11 rings (SSSR count). The molecule has 260 valence electrons. The van der Waals surface area contributed by atoms with Crippen molar-refractivity contribution in [3.63, 3.8) is 0 Å². The third kappa shape index (κ3) is 4.91. The van der Waals surface area contributed by atoms with E-state index in [2.05, 4.69) is 146 Å². The van der Waals surface area contributed by atoms with Gasteiger partial charge in [0.05, 0.1) is 0 Å². The number of phosphoric ester groups is 1. The van der Waals surface area contributed by atoms with Gasteiger partial charge in [0.25, 0.3) is 0 Å². The maximum absolute atomic E-state index is 14.2. The molecule has 0 unspecified atom stereocenters. The van der Waals surface area contributed by atoms with Crippen LogP contribution in [-0.4, -0.2) is 4.89 Å². The van der Waals surface area contributed by atoms with Crippen LogP contribution in [0, 0.1) is 0 Å². The van der Waals surface area contributed by atoms with Gasteiger partial charge in [0.2, 0.25) is 0 Å². The molecule has 0 saturated carbocycles. The van der Waals surface area contributed by atoms with Crippen LogP contribution >= 0.6 is 7.82 Å². The summed E-state index contributed by atoms with van der Waals surface area (Å²) >= 11 is 0. The molecule has 1 spiro atoms. The fourth-order valence-electron chi connectivity index (χ4n) is 9.47. The van der Waals surface area contributed by atoms with Gasteiger partial charge in [-0.05, 0) is 104 Å². The summed E-state index contributed by atoms with van der Waals surface area (Å²) in [6.45, 7) is 0. The van der Waals surface area contributed by atoms with Crippen molar-refractivity contribution in [1.82, 2.24) is 0 Å². The molecule has 3 aliphatic rings. The Bertz CT molecular complexity index is 2680. The number of aryl methyl sites for hydroxylation is 2. The van der Waals surface area contributed by atoms with Gasteiger partial charge in [-0.25, -0.2) is 4.57 Å². The second kappa shape index (κ2) is 11.8. The normalized spacial score (nSPS) is 15.9. The first kappa shape index (κ1) is 31.6. The molecule has 8 aromatic carbocycles. The van der Waals surface area contributed by atoms with Crippen molar-refractivity contribution in [1.29, 1.82) is 0 Å². The van der Waals surface area contributed by atoms with Gasteiger partial charge in [-0.3, -0.25) is 4.89 Å². The Labute approximate surface area is 313 Å². The van der Waals surface area contributed by atoms with E-state index in [9.17, 15) is 9.46 Å². The Kier molecular flexibility index (Phi) is 6.89. The highest BCUT2D eigenvalue weighted by Crippen LogP contribution is 2.65. The minimum absolute atomic E-state index is 0.377. The Balaban J connectivity index is 1.01. The highest BCUT2D eigenvalue weighted by Gasteiger charge is 2.52. The Morgan fingerprint density at radius 3 is 1.28 bits per heavy atom. The van der Waals surface area contributed by atoms with Crippen LogP contribution in [0.1, 0.15) is 35.1 Å². The van der Waals surface area contributed by atoms with Crippen LogP contribution < -0.4 is 9.05 Å². The Morgan fingerprint density at radius 1 is 0.444 bits per heavy atom. The number of benzene rings is 8. The lowest BCUT2D eigenvalue weighted by Crippen LogP contribution is -2.25. The number of fused-ring (bicyclic) bond motifs is 2. The maximum atomic E-state index is 14.2. The van der Waals surface area contributed by atoms with Crippen LogP contribution in [0.15, 0.2) is 158 Å². The van der Waals surface area contributed by atoms with E-state index in [0.29, 0.717) is 11.5 Å². The molecule has 1 heterocycles. The van der Waals surface area contributed by atoms with Crippen LogP contribution in [0.4, 0.5) is 0 Å². The molecule has 0 amide bonds. The van der Waals surface area contributed by atoms with E-state index < -0.39 is 7.82 Å². The minimum atomic E-state index is -4.62. The smallest absolute Gasteiger partial charge is 0.394 e. The zero-order chi connectivity index (χ0) is 36.0. The lowest BCUT2D eigenvalue weighted by molar-refractivity contribution is 0.281. The Morgan fingerprint density at radius 2 is 0.833 bits per heavy atom. The minimum Gasteiger partial charge on any atom is -0.394 e. The largest absolute Gasteiger partial charge is 0.584 e. The van der Waals surface area contributed by atoms with E-state index in [0.717, 1.165) is 81.3 Å². The molecule has 1 N–H and O–H groups in total. The first-order chi connectivity index (χ1) is 26.4. The van der Waals surface area contributed by atoms with Crippen LogP contribution in [0.2, 0.25) is 0 Å². The number of rotatable bonds is 4. The molecule has 0 bridgehead atoms. The van der Waals surface area contributed by atoms with E-state index in [-0.39, 0.29) is 5.41 Å². The summed E-state index contributed by atoms with van der Waals surface area (Å²) in [5.74, 6) is 0.941. The molecule has 2 aliphatic carbocycles. The zero-order valence-corrected chi connectivity index (χ0v) is 30.4. The molecule has 5 heteroatoms. The zero-order valence-electron chi connectivity index (χ0n) is 29.5. The molecule has 1 aliphatic heterocycles. The molecule has 0 saturated heterocycles. The van der Waals surface area contributed by atoms with Gasteiger partial charge in [-0.1, -0.05) is 146 Å². The van der Waals surface area contributed by atoms with Gasteiger partial charge < -0.3 is 9.05 Å². The molecular formula is C49H35O4P. The molecule has 0 aromatic heterocycles. The third-order valence-electron chi connectivity index (χ3n) is 12.1. The predicted octanol–water partition coefficient (Wildman–Crippen LogP) is 12.7. The van der Waals surface area contributed by atoms with Crippen LogP contribution in [0.5, 0.6) is 11.5 Å². The van der Waals surface area contributed by atoms with Gasteiger partial charge in [0.15, 0.2) is 0 Å². The van der Waals surface area contributed by atoms with E-state index in [1.54, 1.807) is 0 Å². The van der Waals surface area contributed by atoms with Crippen molar-refractivity contribution in [3.8, 4) is 56.0 Å².